The maximum absolute atomic E-state index is 13.3. The molecule has 2 N–H and O–H groups in total. The van der Waals surface area contributed by atoms with Gasteiger partial charge in [0.1, 0.15) is 10.6 Å². The van der Waals surface area contributed by atoms with Crippen LogP contribution in [-0.4, -0.2) is 25.0 Å². The van der Waals surface area contributed by atoms with E-state index in [-0.39, 0.29) is 22.3 Å². The SMILES string of the molecule is CCOc1ccc(Br)cc1S(=O)(=O)Nc1nc2ccccc2nc1Nc1ccc(Cl)c(Cl)c1. The lowest BCUT2D eigenvalue weighted by Crippen LogP contribution is -2.17. The number of hydrogen-bond donors (Lipinski definition) is 2. The number of sulfonamides is 1. The second kappa shape index (κ2) is 9.72. The van der Waals surface area contributed by atoms with Crippen LogP contribution >= 0.6 is 39.1 Å². The van der Waals surface area contributed by atoms with Gasteiger partial charge in [-0.05, 0) is 55.5 Å². The third-order valence-electron chi connectivity index (χ3n) is 4.48. The summed E-state index contributed by atoms with van der Waals surface area (Å²) in [7, 11) is -4.08. The summed E-state index contributed by atoms with van der Waals surface area (Å²) in [6.45, 7) is 2.09. The second-order valence-electron chi connectivity index (χ2n) is 6.79. The van der Waals surface area contributed by atoms with Crippen LogP contribution in [-0.2, 0) is 10.0 Å². The van der Waals surface area contributed by atoms with Crippen molar-refractivity contribution in [2.24, 2.45) is 0 Å². The summed E-state index contributed by atoms with van der Waals surface area (Å²) < 4.78 is 35.3. The van der Waals surface area contributed by atoms with Gasteiger partial charge in [-0.2, -0.15) is 0 Å². The van der Waals surface area contributed by atoms with Gasteiger partial charge < -0.3 is 10.1 Å². The maximum Gasteiger partial charge on any atom is 0.266 e. The van der Waals surface area contributed by atoms with E-state index in [1.165, 1.54) is 6.07 Å². The predicted molar refractivity (Wildman–Crippen MR) is 135 cm³/mol. The molecule has 11 heteroatoms. The van der Waals surface area contributed by atoms with Gasteiger partial charge in [-0.3, -0.25) is 4.72 Å². The van der Waals surface area contributed by atoms with Crippen molar-refractivity contribution in [1.29, 1.82) is 0 Å². The van der Waals surface area contributed by atoms with Crippen molar-refractivity contribution in [3.8, 4) is 5.75 Å². The van der Waals surface area contributed by atoms with Crippen molar-refractivity contribution < 1.29 is 13.2 Å². The normalized spacial score (nSPS) is 11.4. The molecule has 0 saturated heterocycles. The first-order chi connectivity index (χ1) is 15.8. The highest BCUT2D eigenvalue weighted by Gasteiger charge is 2.23. The van der Waals surface area contributed by atoms with Crippen LogP contribution in [0.3, 0.4) is 0 Å². The Labute approximate surface area is 209 Å². The molecule has 1 heterocycles. The molecule has 0 fully saturated rings. The average Bonchev–Trinajstić information content (AvgIpc) is 2.78. The Morgan fingerprint density at radius 1 is 0.939 bits per heavy atom. The van der Waals surface area contributed by atoms with Crippen LogP contribution < -0.4 is 14.8 Å². The standard InChI is InChI=1S/C22H17BrCl2N4O3S/c1-2-32-19-10-7-13(23)11-20(19)33(30,31)29-22-21(26-14-8-9-15(24)16(25)12-14)27-17-5-3-4-6-18(17)28-22/h3-12H,2H2,1H3,(H,26,27)(H,28,29). The predicted octanol–water partition coefficient (Wildman–Crippen LogP) is 6.64. The molecule has 4 aromatic rings. The Kier molecular flexibility index (Phi) is 6.94. The number of fused-ring (bicyclic) bond motifs is 1. The number of ether oxygens (including phenoxy) is 1. The second-order valence-corrected chi connectivity index (χ2v) is 10.2. The molecule has 0 bridgehead atoms. The van der Waals surface area contributed by atoms with Crippen molar-refractivity contribution in [3.63, 3.8) is 0 Å². The molecule has 0 unspecified atom stereocenters. The van der Waals surface area contributed by atoms with Gasteiger partial charge in [0.05, 0.1) is 27.7 Å². The minimum atomic E-state index is -4.08. The van der Waals surface area contributed by atoms with E-state index in [9.17, 15) is 8.42 Å². The largest absolute Gasteiger partial charge is 0.492 e. The van der Waals surface area contributed by atoms with Gasteiger partial charge in [0.15, 0.2) is 11.6 Å². The number of para-hydroxylation sites is 2. The molecule has 0 saturated carbocycles. The fraction of sp³-hybridized carbons (Fsp3) is 0.0909. The van der Waals surface area contributed by atoms with Crippen LogP contribution in [0.15, 0.2) is 70.0 Å². The first-order valence-electron chi connectivity index (χ1n) is 9.71. The third-order valence-corrected chi connectivity index (χ3v) is 7.07. The van der Waals surface area contributed by atoms with Gasteiger partial charge in [0.2, 0.25) is 0 Å². The van der Waals surface area contributed by atoms with E-state index in [1.54, 1.807) is 55.5 Å². The van der Waals surface area contributed by atoms with E-state index >= 15 is 0 Å². The van der Waals surface area contributed by atoms with Gasteiger partial charge in [-0.1, -0.05) is 51.3 Å². The summed E-state index contributed by atoms with van der Waals surface area (Å²) in [5.74, 6) is 0.437. The summed E-state index contributed by atoms with van der Waals surface area (Å²) in [6, 6.07) is 16.8. The smallest absolute Gasteiger partial charge is 0.266 e. The zero-order chi connectivity index (χ0) is 23.6. The molecule has 170 valence electrons. The molecular weight excluding hydrogens is 551 g/mol. The van der Waals surface area contributed by atoms with Crippen molar-refractivity contribution in [2.45, 2.75) is 11.8 Å². The first-order valence-corrected chi connectivity index (χ1v) is 12.7. The summed E-state index contributed by atoms with van der Waals surface area (Å²) >= 11 is 15.4. The minimum Gasteiger partial charge on any atom is -0.492 e. The van der Waals surface area contributed by atoms with Crippen LogP contribution in [0.2, 0.25) is 10.0 Å². The lowest BCUT2D eigenvalue weighted by Gasteiger charge is -2.16. The number of aromatic nitrogens is 2. The zero-order valence-electron chi connectivity index (χ0n) is 17.1. The summed E-state index contributed by atoms with van der Waals surface area (Å²) in [6.07, 6.45) is 0. The number of anilines is 3. The lowest BCUT2D eigenvalue weighted by atomic mass is 10.3. The average molecular weight is 568 g/mol. The van der Waals surface area contributed by atoms with Gasteiger partial charge in [0.25, 0.3) is 10.0 Å². The third kappa shape index (κ3) is 5.33. The van der Waals surface area contributed by atoms with Gasteiger partial charge in [-0.25, -0.2) is 18.4 Å². The Bertz CT molecular complexity index is 1450. The van der Waals surface area contributed by atoms with Crippen LogP contribution in [0.25, 0.3) is 11.0 Å². The number of benzene rings is 3. The molecule has 7 nitrogen and oxygen atoms in total. The Hall–Kier alpha value is -2.59. The molecule has 0 amide bonds. The number of rotatable bonds is 7. The highest BCUT2D eigenvalue weighted by atomic mass is 79.9. The molecule has 0 radical (unpaired) electrons. The topological polar surface area (TPSA) is 93.2 Å². The molecular formula is C22H17BrCl2N4O3S. The van der Waals surface area contributed by atoms with Crippen LogP contribution in [0.1, 0.15) is 6.92 Å². The monoisotopic (exact) mass is 566 g/mol. The Morgan fingerprint density at radius 2 is 1.64 bits per heavy atom. The van der Waals surface area contributed by atoms with Crippen molar-refractivity contribution >= 4 is 77.5 Å². The van der Waals surface area contributed by atoms with Crippen molar-refractivity contribution in [2.75, 3.05) is 16.6 Å². The molecule has 4 rings (SSSR count). The maximum atomic E-state index is 13.3. The summed E-state index contributed by atoms with van der Waals surface area (Å²) in [5.41, 5.74) is 1.67. The summed E-state index contributed by atoms with van der Waals surface area (Å²) in [4.78, 5) is 9.02. The molecule has 0 spiro atoms. The fourth-order valence-electron chi connectivity index (χ4n) is 3.02. The number of halogens is 3. The van der Waals surface area contributed by atoms with E-state index in [0.717, 1.165) is 0 Å². The quantitative estimate of drug-likeness (QED) is 0.260. The van der Waals surface area contributed by atoms with Crippen LogP contribution in [0.4, 0.5) is 17.3 Å². The molecule has 0 aliphatic heterocycles. The fourth-order valence-corrected chi connectivity index (χ4v) is 5.01. The minimum absolute atomic E-state index is 0.0159. The van der Waals surface area contributed by atoms with Crippen molar-refractivity contribution in [1.82, 2.24) is 9.97 Å². The number of hydrogen-bond acceptors (Lipinski definition) is 6. The van der Waals surface area contributed by atoms with E-state index in [1.807, 2.05) is 6.07 Å². The Morgan fingerprint density at radius 3 is 2.30 bits per heavy atom. The van der Waals surface area contributed by atoms with Gasteiger partial charge in [-0.15, -0.1) is 0 Å². The van der Waals surface area contributed by atoms with Crippen LogP contribution in [0.5, 0.6) is 5.75 Å². The highest BCUT2D eigenvalue weighted by molar-refractivity contribution is 9.10. The van der Waals surface area contributed by atoms with Gasteiger partial charge >= 0.3 is 0 Å². The number of nitrogens with zero attached hydrogens (tertiary/aromatic N) is 2. The summed E-state index contributed by atoms with van der Waals surface area (Å²) in [5, 5.41) is 3.81. The molecule has 0 aliphatic rings. The molecule has 33 heavy (non-hydrogen) atoms. The van der Waals surface area contributed by atoms with E-state index in [2.05, 4.69) is 35.9 Å². The lowest BCUT2D eigenvalue weighted by molar-refractivity contribution is 0.331. The van der Waals surface area contributed by atoms with Crippen LogP contribution in [0, 0.1) is 0 Å². The molecule has 0 atom stereocenters. The highest BCUT2D eigenvalue weighted by Crippen LogP contribution is 2.33. The molecule has 0 aliphatic carbocycles. The van der Waals surface area contributed by atoms with Crippen molar-refractivity contribution in [3.05, 3.63) is 75.2 Å². The molecule has 3 aromatic carbocycles. The zero-order valence-corrected chi connectivity index (χ0v) is 21.1. The van der Waals surface area contributed by atoms with Gasteiger partial charge in [0, 0.05) is 10.2 Å². The van der Waals surface area contributed by atoms with E-state index in [4.69, 9.17) is 27.9 Å². The Balaban J connectivity index is 1.80. The van der Waals surface area contributed by atoms with E-state index < -0.39 is 10.0 Å². The number of nitrogens with one attached hydrogen (secondary N) is 2. The van der Waals surface area contributed by atoms with E-state index in [0.29, 0.717) is 37.8 Å². The first kappa shape index (κ1) is 23.6. The molecule has 1 aromatic heterocycles.